The van der Waals surface area contributed by atoms with E-state index in [0.29, 0.717) is 29.9 Å². The molecule has 2 heterocycles. The van der Waals surface area contributed by atoms with Gasteiger partial charge in [0.1, 0.15) is 5.82 Å². The molecule has 7 nitrogen and oxygen atoms in total. The average molecular weight is 414 g/mol. The molecule has 5 aliphatic carbocycles. The Kier molecular flexibility index (Phi) is 4.38. The predicted molar refractivity (Wildman–Crippen MR) is 109 cm³/mol. The van der Waals surface area contributed by atoms with Crippen molar-refractivity contribution >= 4 is 11.7 Å². The second kappa shape index (κ2) is 6.90. The number of hydrogen-bond acceptors (Lipinski definition) is 6. The average Bonchev–Trinajstić information content (AvgIpc) is 3.11. The van der Waals surface area contributed by atoms with E-state index in [-0.39, 0.29) is 11.7 Å². The molecule has 7 rings (SSSR count). The van der Waals surface area contributed by atoms with Gasteiger partial charge in [-0.15, -0.1) is 0 Å². The van der Waals surface area contributed by atoms with Gasteiger partial charge in [0.05, 0.1) is 5.56 Å². The van der Waals surface area contributed by atoms with E-state index in [4.69, 9.17) is 20.2 Å². The summed E-state index contributed by atoms with van der Waals surface area (Å²) in [4.78, 5) is 28.5. The zero-order valence-electron chi connectivity index (χ0n) is 17.3. The molecule has 0 aromatic carbocycles. The number of anilines is 1. The molecule has 4 bridgehead atoms. The van der Waals surface area contributed by atoms with Gasteiger partial charge in [0, 0.05) is 37.4 Å². The van der Waals surface area contributed by atoms with Crippen LogP contribution in [0.25, 0.3) is 0 Å². The number of hydrogen-bond donors (Lipinski definition) is 2. The third-order valence-corrected chi connectivity index (χ3v) is 8.45. The Morgan fingerprint density at radius 1 is 1.10 bits per heavy atom. The van der Waals surface area contributed by atoms with Crippen LogP contribution in [-0.4, -0.2) is 29.0 Å². The van der Waals surface area contributed by atoms with E-state index in [1.807, 2.05) is 0 Å². The van der Waals surface area contributed by atoms with Gasteiger partial charge in [0.2, 0.25) is 11.6 Å². The van der Waals surface area contributed by atoms with Crippen molar-refractivity contribution < 1.29 is 19.3 Å². The van der Waals surface area contributed by atoms with Crippen LogP contribution in [0.5, 0.6) is 0 Å². The van der Waals surface area contributed by atoms with Crippen LogP contribution in [0.1, 0.15) is 68.1 Å². The fourth-order valence-corrected chi connectivity index (χ4v) is 7.06. The number of carbonyl (C=O) groups is 1. The first-order valence-corrected chi connectivity index (χ1v) is 11.6. The van der Waals surface area contributed by atoms with Gasteiger partial charge < -0.3 is 15.8 Å². The minimum Gasteiger partial charge on any atom is -0.383 e. The third kappa shape index (κ3) is 2.97. The Morgan fingerprint density at radius 2 is 1.80 bits per heavy atom. The summed E-state index contributed by atoms with van der Waals surface area (Å²) in [6.45, 7) is 0.629. The van der Waals surface area contributed by atoms with Crippen LogP contribution in [0.2, 0.25) is 0 Å². The fraction of sp³-hybridized carbons (Fsp3) is 0.739. The number of nitrogens with zero attached hydrogens (tertiary/aromatic N) is 1. The molecule has 0 radical (unpaired) electrons. The van der Waals surface area contributed by atoms with Crippen molar-refractivity contribution in [3.8, 4) is 0 Å². The maximum absolute atomic E-state index is 12.4. The lowest BCUT2D eigenvalue weighted by molar-refractivity contribution is -0.390. The second-order valence-electron chi connectivity index (χ2n) is 10.3. The lowest BCUT2D eigenvalue weighted by atomic mass is 9.53. The minimum absolute atomic E-state index is 0.162. The quantitative estimate of drug-likeness (QED) is 0.738. The van der Waals surface area contributed by atoms with Crippen LogP contribution < -0.4 is 11.1 Å². The van der Waals surface area contributed by atoms with Gasteiger partial charge in [-0.2, -0.15) is 9.78 Å². The molecule has 6 aliphatic rings. The van der Waals surface area contributed by atoms with Crippen molar-refractivity contribution in [1.29, 1.82) is 0 Å². The normalized spacial score (nSPS) is 44.1. The zero-order valence-corrected chi connectivity index (χ0v) is 17.3. The molecule has 0 unspecified atom stereocenters. The summed E-state index contributed by atoms with van der Waals surface area (Å²) in [6.07, 6.45) is 11.5. The van der Waals surface area contributed by atoms with E-state index in [1.54, 1.807) is 18.3 Å². The van der Waals surface area contributed by atoms with Gasteiger partial charge in [-0.1, -0.05) is 0 Å². The highest BCUT2D eigenvalue weighted by Crippen LogP contribution is 2.63. The number of carbonyl (C=O) groups excluding carboxylic acids is 1. The van der Waals surface area contributed by atoms with Gasteiger partial charge in [-0.3, -0.25) is 4.79 Å². The fourth-order valence-electron chi connectivity index (χ4n) is 7.06. The summed E-state index contributed by atoms with van der Waals surface area (Å²) >= 11 is 0. The van der Waals surface area contributed by atoms with Crippen molar-refractivity contribution in [2.24, 2.45) is 29.6 Å². The Hall–Kier alpha value is -1.70. The number of ether oxygens (including phenoxy) is 1. The van der Waals surface area contributed by atoms with Gasteiger partial charge in [-0.25, -0.2) is 4.98 Å². The largest absolute Gasteiger partial charge is 0.383 e. The van der Waals surface area contributed by atoms with Crippen LogP contribution in [0, 0.1) is 29.6 Å². The summed E-state index contributed by atoms with van der Waals surface area (Å²) in [5, 5.41) is 3.02. The number of amides is 1. The summed E-state index contributed by atoms with van der Waals surface area (Å²) in [5.74, 6) is 2.15. The molecule has 1 aromatic rings. The maximum Gasteiger partial charge on any atom is 0.255 e. The van der Waals surface area contributed by atoms with Crippen molar-refractivity contribution in [3.63, 3.8) is 0 Å². The van der Waals surface area contributed by atoms with Crippen LogP contribution in [0.15, 0.2) is 18.3 Å². The van der Waals surface area contributed by atoms with E-state index < -0.39 is 11.6 Å². The SMILES string of the molecule is Nc1ncccc1C(=O)NCC1CCC2(CC1)OOC1(O2)C2CC3CC(C2)CC1C3. The standard InChI is InChI=1S/C23H31N3O4/c24-20-19(2-1-7-25-20)21(27)26-13-14-3-5-22(6-4-14)28-23(30-29-22)17-9-15-8-16(11-17)12-18(23)10-15/h1-2,7,14-18H,3-6,8-13H2,(H2,24,25)(H,26,27). The van der Waals surface area contributed by atoms with Crippen LogP contribution >= 0.6 is 0 Å². The first-order chi connectivity index (χ1) is 14.6. The molecular weight excluding hydrogens is 382 g/mol. The molecule has 5 saturated carbocycles. The van der Waals surface area contributed by atoms with Crippen LogP contribution in [0.3, 0.4) is 0 Å². The van der Waals surface area contributed by atoms with Crippen molar-refractivity contribution in [3.05, 3.63) is 23.9 Å². The van der Waals surface area contributed by atoms with E-state index in [1.165, 1.54) is 32.1 Å². The number of rotatable bonds is 3. The molecule has 30 heavy (non-hydrogen) atoms. The van der Waals surface area contributed by atoms with Crippen molar-refractivity contribution in [2.45, 2.75) is 69.4 Å². The monoisotopic (exact) mass is 413 g/mol. The van der Waals surface area contributed by atoms with Crippen LogP contribution in [-0.2, 0) is 14.5 Å². The molecule has 1 saturated heterocycles. The van der Waals surface area contributed by atoms with Gasteiger partial charge in [0.25, 0.3) is 5.91 Å². The van der Waals surface area contributed by atoms with Gasteiger partial charge in [0.15, 0.2) is 0 Å². The van der Waals surface area contributed by atoms with Crippen molar-refractivity contribution in [1.82, 2.24) is 10.3 Å². The first kappa shape index (κ1) is 19.0. The van der Waals surface area contributed by atoms with E-state index >= 15 is 0 Å². The Morgan fingerprint density at radius 3 is 2.47 bits per heavy atom. The second-order valence-corrected chi connectivity index (χ2v) is 10.3. The molecule has 0 atom stereocenters. The highest BCUT2D eigenvalue weighted by atomic mass is 17.3. The number of nitrogen functional groups attached to an aromatic ring is 1. The summed E-state index contributed by atoms with van der Waals surface area (Å²) < 4.78 is 6.76. The first-order valence-electron chi connectivity index (χ1n) is 11.6. The lowest BCUT2D eigenvalue weighted by Crippen LogP contribution is -2.59. The molecule has 1 aliphatic heterocycles. The zero-order chi connectivity index (χ0) is 20.3. The van der Waals surface area contributed by atoms with E-state index in [9.17, 15) is 4.79 Å². The van der Waals surface area contributed by atoms with Crippen molar-refractivity contribution in [2.75, 3.05) is 12.3 Å². The number of nitrogens with two attached hydrogens (primary N) is 1. The van der Waals surface area contributed by atoms with Gasteiger partial charge >= 0.3 is 0 Å². The molecule has 6 fully saturated rings. The molecule has 3 N–H and O–H groups in total. The molecular formula is C23H31N3O4. The lowest BCUT2D eigenvalue weighted by Gasteiger charge is -2.57. The molecule has 1 amide bonds. The predicted octanol–water partition coefficient (Wildman–Crippen LogP) is 3.41. The van der Waals surface area contributed by atoms with Crippen LogP contribution in [0.4, 0.5) is 5.82 Å². The Balaban J connectivity index is 1.06. The third-order valence-electron chi connectivity index (χ3n) is 8.45. The molecule has 2 spiro atoms. The summed E-state index contributed by atoms with van der Waals surface area (Å²) in [5.41, 5.74) is 6.24. The Labute approximate surface area is 177 Å². The van der Waals surface area contributed by atoms with E-state index in [0.717, 1.165) is 37.5 Å². The highest BCUT2D eigenvalue weighted by Gasteiger charge is 2.66. The number of aromatic nitrogens is 1. The molecule has 1 aromatic heterocycles. The van der Waals surface area contributed by atoms with E-state index in [2.05, 4.69) is 10.3 Å². The highest BCUT2D eigenvalue weighted by molar-refractivity contribution is 5.98. The number of nitrogens with one attached hydrogen (secondary N) is 1. The number of pyridine rings is 1. The summed E-state index contributed by atoms with van der Waals surface area (Å²) in [7, 11) is 0. The molecule has 162 valence electrons. The summed E-state index contributed by atoms with van der Waals surface area (Å²) in [6, 6.07) is 3.43. The van der Waals surface area contributed by atoms with Gasteiger partial charge in [-0.05, 0) is 74.8 Å². The topological polar surface area (TPSA) is 95.7 Å². The molecule has 7 heteroatoms. The smallest absolute Gasteiger partial charge is 0.255 e. The Bertz CT molecular complexity index is 807. The minimum atomic E-state index is -0.594. The maximum atomic E-state index is 12.4.